The van der Waals surface area contributed by atoms with Crippen LogP contribution in [0, 0.1) is 0 Å². The molecule has 0 heterocycles. The topological polar surface area (TPSA) is 26.3 Å². The van der Waals surface area contributed by atoms with Crippen LogP contribution in [-0.4, -0.2) is 13.1 Å². The maximum atomic E-state index is 11.4. The van der Waals surface area contributed by atoms with Gasteiger partial charge in [-0.2, -0.15) is 0 Å². The zero-order valence-electron chi connectivity index (χ0n) is 8.27. The monoisotopic (exact) mass is 222 g/mol. The van der Waals surface area contributed by atoms with Crippen molar-refractivity contribution >= 4 is 29.1 Å². The fourth-order valence-corrected chi connectivity index (χ4v) is 1.51. The van der Waals surface area contributed by atoms with Gasteiger partial charge in [0, 0.05) is 0 Å². The van der Waals surface area contributed by atoms with Crippen LogP contribution >= 0.6 is 12.4 Å². The highest BCUT2D eigenvalue weighted by Gasteiger charge is 2.08. The second-order valence-electron chi connectivity index (χ2n) is 3.02. The number of carbonyl (C=O) groups excluding carboxylic acids is 1. The van der Waals surface area contributed by atoms with E-state index in [2.05, 4.69) is 0 Å². The molecule has 0 N–H and O–H groups in total. The number of esters is 1. The van der Waals surface area contributed by atoms with E-state index in [9.17, 15) is 4.79 Å². The lowest BCUT2D eigenvalue weighted by molar-refractivity contribution is 0.0603. The van der Waals surface area contributed by atoms with E-state index in [4.69, 9.17) is 4.74 Å². The maximum Gasteiger partial charge on any atom is 0.338 e. The standard InChI is InChI=1S/C12H10O2.ClH/c1-14-12(13)11-8-4-6-9-5-2-3-7-10(9)11;/h2-8H,1H3;1H. The van der Waals surface area contributed by atoms with Crippen molar-refractivity contribution in [2.75, 3.05) is 7.11 Å². The molecule has 2 nitrogen and oxygen atoms in total. The predicted molar refractivity (Wildman–Crippen MR) is 62.5 cm³/mol. The van der Waals surface area contributed by atoms with Crippen LogP contribution in [0.1, 0.15) is 10.4 Å². The second kappa shape index (κ2) is 4.80. The molecular formula is C12H11ClO2. The Morgan fingerprint density at radius 2 is 1.73 bits per heavy atom. The molecule has 15 heavy (non-hydrogen) atoms. The van der Waals surface area contributed by atoms with Crippen molar-refractivity contribution in [3.05, 3.63) is 48.0 Å². The van der Waals surface area contributed by atoms with Gasteiger partial charge in [-0.1, -0.05) is 36.4 Å². The smallest absolute Gasteiger partial charge is 0.338 e. The molecule has 2 aromatic rings. The highest BCUT2D eigenvalue weighted by molar-refractivity contribution is 6.04. The van der Waals surface area contributed by atoms with Crippen LogP contribution in [-0.2, 0) is 4.74 Å². The first-order valence-electron chi connectivity index (χ1n) is 4.39. The van der Waals surface area contributed by atoms with Gasteiger partial charge >= 0.3 is 5.97 Å². The van der Waals surface area contributed by atoms with E-state index in [0.29, 0.717) is 5.56 Å². The molecule has 0 aliphatic heterocycles. The molecule has 0 aliphatic carbocycles. The van der Waals surface area contributed by atoms with Crippen molar-refractivity contribution in [2.45, 2.75) is 0 Å². The van der Waals surface area contributed by atoms with Gasteiger partial charge in [0.1, 0.15) is 0 Å². The van der Waals surface area contributed by atoms with Gasteiger partial charge in [0.15, 0.2) is 0 Å². The maximum absolute atomic E-state index is 11.4. The minimum absolute atomic E-state index is 0. The van der Waals surface area contributed by atoms with E-state index in [-0.39, 0.29) is 18.4 Å². The van der Waals surface area contributed by atoms with Gasteiger partial charge in [-0.3, -0.25) is 0 Å². The first-order valence-corrected chi connectivity index (χ1v) is 4.39. The SMILES string of the molecule is COC(=O)c1cccc2ccccc12.Cl. The van der Waals surface area contributed by atoms with Gasteiger partial charge in [0.25, 0.3) is 0 Å². The van der Waals surface area contributed by atoms with Crippen molar-refractivity contribution in [3.63, 3.8) is 0 Å². The van der Waals surface area contributed by atoms with Crippen LogP contribution in [0.4, 0.5) is 0 Å². The lowest BCUT2D eigenvalue weighted by atomic mass is 10.1. The van der Waals surface area contributed by atoms with E-state index in [1.165, 1.54) is 7.11 Å². The molecule has 0 spiro atoms. The number of ether oxygens (including phenoxy) is 1. The number of hydrogen-bond donors (Lipinski definition) is 0. The predicted octanol–water partition coefficient (Wildman–Crippen LogP) is 3.05. The average molecular weight is 223 g/mol. The molecule has 0 aliphatic rings. The van der Waals surface area contributed by atoms with E-state index >= 15 is 0 Å². The van der Waals surface area contributed by atoms with Crippen molar-refractivity contribution in [1.29, 1.82) is 0 Å². The number of rotatable bonds is 1. The summed E-state index contributed by atoms with van der Waals surface area (Å²) in [7, 11) is 1.39. The number of benzene rings is 2. The van der Waals surface area contributed by atoms with Crippen molar-refractivity contribution < 1.29 is 9.53 Å². The fraction of sp³-hybridized carbons (Fsp3) is 0.0833. The van der Waals surface area contributed by atoms with E-state index in [1.807, 2.05) is 36.4 Å². The first kappa shape index (κ1) is 11.5. The minimum atomic E-state index is -0.290. The summed E-state index contributed by atoms with van der Waals surface area (Å²) >= 11 is 0. The zero-order chi connectivity index (χ0) is 9.97. The Kier molecular flexibility index (Phi) is 3.69. The van der Waals surface area contributed by atoms with Gasteiger partial charge in [-0.25, -0.2) is 4.79 Å². The minimum Gasteiger partial charge on any atom is -0.465 e. The van der Waals surface area contributed by atoms with Crippen molar-refractivity contribution in [2.24, 2.45) is 0 Å². The van der Waals surface area contributed by atoms with E-state index in [1.54, 1.807) is 6.07 Å². The molecule has 0 atom stereocenters. The quantitative estimate of drug-likeness (QED) is 0.694. The first-order chi connectivity index (χ1) is 6.83. The van der Waals surface area contributed by atoms with Crippen LogP contribution in [0.5, 0.6) is 0 Å². The summed E-state index contributed by atoms with van der Waals surface area (Å²) in [5.41, 5.74) is 0.616. The molecule has 3 heteroatoms. The molecule has 0 saturated carbocycles. The van der Waals surface area contributed by atoms with Gasteiger partial charge in [-0.05, 0) is 16.8 Å². The number of halogens is 1. The van der Waals surface area contributed by atoms with Gasteiger partial charge in [0.05, 0.1) is 12.7 Å². The van der Waals surface area contributed by atoms with Crippen LogP contribution in [0.3, 0.4) is 0 Å². The molecule has 0 amide bonds. The lowest BCUT2D eigenvalue weighted by Gasteiger charge is -2.03. The number of carbonyl (C=O) groups is 1. The molecule has 0 bridgehead atoms. The third-order valence-electron chi connectivity index (χ3n) is 2.19. The summed E-state index contributed by atoms with van der Waals surface area (Å²) < 4.78 is 4.71. The molecule has 2 rings (SSSR count). The zero-order valence-corrected chi connectivity index (χ0v) is 9.08. The lowest BCUT2D eigenvalue weighted by Crippen LogP contribution is -2.01. The Morgan fingerprint density at radius 3 is 2.47 bits per heavy atom. The van der Waals surface area contributed by atoms with Crippen molar-refractivity contribution in [1.82, 2.24) is 0 Å². The molecule has 78 valence electrons. The number of fused-ring (bicyclic) bond motifs is 1. The Hall–Kier alpha value is -1.54. The van der Waals surface area contributed by atoms with E-state index in [0.717, 1.165) is 10.8 Å². The van der Waals surface area contributed by atoms with E-state index < -0.39 is 0 Å². The molecule has 0 aromatic heterocycles. The third-order valence-corrected chi connectivity index (χ3v) is 2.19. The molecule has 0 radical (unpaired) electrons. The summed E-state index contributed by atoms with van der Waals surface area (Å²) in [6.45, 7) is 0. The highest BCUT2D eigenvalue weighted by atomic mass is 35.5. The summed E-state index contributed by atoms with van der Waals surface area (Å²) in [6.07, 6.45) is 0. The summed E-state index contributed by atoms with van der Waals surface area (Å²) in [4.78, 5) is 11.4. The highest BCUT2D eigenvalue weighted by Crippen LogP contribution is 2.18. The fourth-order valence-electron chi connectivity index (χ4n) is 1.51. The molecular weight excluding hydrogens is 212 g/mol. The Bertz CT molecular complexity index is 475. The largest absolute Gasteiger partial charge is 0.465 e. The molecule has 0 fully saturated rings. The average Bonchev–Trinajstić information content (AvgIpc) is 2.27. The van der Waals surface area contributed by atoms with Crippen LogP contribution in [0.2, 0.25) is 0 Å². The van der Waals surface area contributed by atoms with Crippen LogP contribution in [0.15, 0.2) is 42.5 Å². The number of methoxy groups -OCH3 is 1. The van der Waals surface area contributed by atoms with Gasteiger partial charge in [-0.15, -0.1) is 12.4 Å². The Balaban J connectivity index is 0.00000112. The summed E-state index contributed by atoms with van der Waals surface area (Å²) in [5, 5.41) is 1.98. The molecule has 0 saturated heterocycles. The third kappa shape index (κ3) is 2.10. The Morgan fingerprint density at radius 1 is 1.07 bits per heavy atom. The summed E-state index contributed by atoms with van der Waals surface area (Å²) in [6, 6.07) is 13.4. The summed E-state index contributed by atoms with van der Waals surface area (Å²) in [5.74, 6) is -0.290. The molecule has 2 aromatic carbocycles. The van der Waals surface area contributed by atoms with Gasteiger partial charge < -0.3 is 4.74 Å². The normalized spacial score (nSPS) is 9.40. The Labute approximate surface area is 94.3 Å². The van der Waals surface area contributed by atoms with Gasteiger partial charge in [0.2, 0.25) is 0 Å². The number of hydrogen-bond acceptors (Lipinski definition) is 2. The van der Waals surface area contributed by atoms with Crippen LogP contribution < -0.4 is 0 Å². The van der Waals surface area contributed by atoms with Crippen molar-refractivity contribution in [3.8, 4) is 0 Å². The van der Waals surface area contributed by atoms with Crippen LogP contribution in [0.25, 0.3) is 10.8 Å². The second-order valence-corrected chi connectivity index (χ2v) is 3.02. The molecule has 0 unspecified atom stereocenters.